The summed E-state index contributed by atoms with van der Waals surface area (Å²) in [6, 6.07) is 11.6. The lowest BCUT2D eigenvalue weighted by atomic mass is 10.1. The third-order valence-electron chi connectivity index (χ3n) is 4.09. The Bertz CT molecular complexity index is 1020. The van der Waals surface area contributed by atoms with Crippen LogP contribution in [-0.4, -0.2) is 28.1 Å². The Labute approximate surface area is 160 Å². The van der Waals surface area contributed by atoms with Crippen molar-refractivity contribution < 1.29 is 19.0 Å². The third kappa shape index (κ3) is 4.32. The molecule has 9 heteroatoms. The van der Waals surface area contributed by atoms with Crippen LogP contribution in [0.25, 0.3) is 11.4 Å². The molecule has 0 aliphatic heterocycles. The second-order valence-electron chi connectivity index (χ2n) is 6.02. The van der Waals surface area contributed by atoms with E-state index in [2.05, 4.69) is 15.5 Å². The predicted octanol–water partition coefficient (Wildman–Crippen LogP) is 3.53. The van der Waals surface area contributed by atoms with Gasteiger partial charge in [-0.2, -0.15) is 4.98 Å². The molecule has 0 aliphatic rings. The molecule has 0 saturated heterocycles. The molecule has 0 aliphatic carbocycles. The van der Waals surface area contributed by atoms with E-state index in [1.165, 1.54) is 12.1 Å². The van der Waals surface area contributed by atoms with Crippen LogP contribution in [0.2, 0.25) is 0 Å². The first-order valence-corrected chi connectivity index (χ1v) is 8.49. The maximum absolute atomic E-state index is 12.2. The van der Waals surface area contributed by atoms with Crippen molar-refractivity contribution in [2.24, 2.45) is 0 Å². The summed E-state index contributed by atoms with van der Waals surface area (Å²) in [6.07, 6.45) is 0.331. The largest absolute Gasteiger partial charge is 0.496 e. The van der Waals surface area contributed by atoms with Gasteiger partial charge in [0, 0.05) is 25.0 Å². The van der Waals surface area contributed by atoms with Gasteiger partial charge in [-0.05, 0) is 24.6 Å². The van der Waals surface area contributed by atoms with Crippen LogP contribution in [0.5, 0.6) is 5.75 Å². The summed E-state index contributed by atoms with van der Waals surface area (Å²) in [7, 11) is 1.56. The van der Waals surface area contributed by atoms with Crippen molar-refractivity contribution in [1.29, 1.82) is 0 Å². The predicted molar refractivity (Wildman–Crippen MR) is 101 cm³/mol. The molecule has 9 nitrogen and oxygen atoms in total. The van der Waals surface area contributed by atoms with Crippen LogP contribution in [0.3, 0.4) is 0 Å². The van der Waals surface area contributed by atoms with Gasteiger partial charge in [0.25, 0.3) is 5.69 Å². The molecule has 1 aromatic heterocycles. The minimum atomic E-state index is -0.507. The number of carbonyl (C=O) groups is 1. The number of ether oxygens (including phenoxy) is 1. The zero-order valence-electron chi connectivity index (χ0n) is 15.3. The minimum Gasteiger partial charge on any atom is -0.496 e. The van der Waals surface area contributed by atoms with Gasteiger partial charge in [-0.25, -0.2) is 0 Å². The monoisotopic (exact) mass is 382 g/mol. The summed E-state index contributed by atoms with van der Waals surface area (Å²) in [6.45, 7) is 1.76. The molecule has 0 bridgehead atoms. The molecule has 1 N–H and O–H groups in total. The number of aryl methyl sites for hydroxylation is 2. The Morgan fingerprint density at radius 3 is 2.82 bits per heavy atom. The van der Waals surface area contributed by atoms with Crippen LogP contribution < -0.4 is 10.1 Å². The van der Waals surface area contributed by atoms with Gasteiger partial charge >= 0.3 is 0 Å². The number of rotatable bonds is 7. The fraction of sp³-hybridized carbons (Fsp3) is 0.211. The Kier molecular flexibility index (Phi) is 5.64. The molecule has 0 atom stereocenters. The number of non-ortho nitro benzene ring substituents is 1. The van der Waals surface area contributed by atoms with Crippen molar-refractivity contribution in [2.45, 2.75) is 19.8 Å². The number of nitro groups is 1. The molecule has 3 aromatic rings. The average Bonchev–Trinajstić information content (AvgIpc) is 3.16. The number of hydrogen-bond donors (Lipinski definition) is 1. The number of carbonyl (C=O) groups excluding carboxylic acids is 1. The summed E-state index contributed by atoms with van der Waals surface area (Å²) >= 11 is 0. The zero-order chi connectivity index (χ0) is 20.1. The molecular formula is C19H18N4O5. The number of benzene rings is 2. The third-order valence-corrected chi connectivity index (χ3v) is 4.09. The van der Waals surface area contributed by atoms with E-state index in [4.69, 9.17) is 9.26 Å². The Morgan fingerprint density at radius 1 is 1.29 bits per heavy atom. The lowest BCUT2D eigenvalue weighted by Crippen LogP contribution is -2.13. The Hall–Kier alpha value is -3.75. The molecule has 1 amide bonds. The molecule has 28 heavy (non-hydrogen) atoms. The smallest absolute Gasteiger partial charge is 0.271 e. The van der Waals surface area contributed by atoms with Crippen molar-refractivity contribution in [3.63, 3.8) is 0 Å². The summed E-state index contributed by atoms with van der Waals surface area (Å²) in [5.74, 6) is 1.00. The van der Waals surface area contributed by atoms with Gasteiger partial charge in [-0.3, -0.25) is 14.9 Å². The van der Waals surface area contributed by atoms with Gasteiger partial charge < -0.3 is 14.6 Å². The summed E-state index contributed by atoms with van der Waals surface area (Å²) < 4.78 is 10.5. The van der Waals surface area contributed by atoms with Crippen LogP contribution in [0.1, 0.15) is 17.9 Å². The summed E-state index contributed by atoms with van der Waals surface area (Å²) in [4.78, 5) is 26.9. The van der Waals surface area contributed by atoms with Gasteiger partial charge in [-0.1, -0.05) is 23.4 Å². The first kappa shape index (κ1) is 19.0. The fourth-order valence-corrected chi connectivity index (χ4v) is 2.59. The highest BCUT2D eigenvalue weighted by Gasteiger charge is 2.15. The van der Waals surface area contributed by atoms with E-state index < -0.39 is 4.92 Å². The van der Waals surface area contributed by atoms with Crippen LogP contribution in [0.4, 0.5) is 11.4 Å². The van der Waals surface area contributed by atoms with Crippen LogP contribution in [0.15, 0.2) is 47.0 Å². The lowest BCUT2D eigenvalue weighted by molar-refractivity contribution is -0.384. The van der Waals surface area contributed by atoms with Crippen molar-refractivity contribution in [2.75, 3.05) is 12.4 Å². The standard InChI is InChI=1S/C19H18N4O5/c1-12-7-8-13(23(25)26)11-15(12)20-17(24)9-10-18-21-19(22-28-18)14-5-3-4-6-16(14)27-2/h3-8,11H,9-10H2,1-2H3,(H,20,24). The van der Waals surface area contributed by atoms with Gasteiger partial charge in [0.15, 0.2) is 0 Å². The highest BCUT2D eigenvalue weighted by Crippen LogP contribution is 2.27. The lowest BCUT2D eigenvalue weighted by Gasteiger charge is -2.07. The zero-order valence-corrected chi connectivity index (χ0v) is 15.3. The molecule has 0 radical (unpaired) electrons. The number of aromatic nitrogens is 2. The molecule has 2 aromatic carbocycles. The van der Waals surface area contributed by atoms with Crippen LogP contribution in [0, 0.1) is 17.0 Å². The van der Waals surface area contributed by atoms with Crippen molar-refractivity contribution in [3.8, 4) is 17.1 Å². The van der Waals surface area contributed by atoms with Gasteiger partial charge in [0.2, 0.25) is 17.6 Å². The summed E-state index contributed by atoms with van der Waals surface area (Å²) in [5, 5.41) is 17.5. The molecule has 144 valence electrons. The molecule has 0 saturated carbocycles. The fourth-order valence-electron chi connectivity index (χ4n) is 2.59. The normalized spacial score (nSPS) is 10.5. The Morgan fingerprint density at radius 2 is 2.07 bits per heavy atom. The molecule has 3 rings (SSSR count). The molecule has 0 unspecified atom stereocenters. The second-order valence-corrected chi connectivity index (χ2v) is 6.02. The highest BCUT2D eigenvalue weighted by molar-refractivity contribution is 5.91. The van der Waals surface area contributed by atoms with E-state index in [0.29, 0.717) is 28.7 Å². The SMILES string of the molecule is COc1ccccc1-c1noc(CCC(=O)Nc2cc([N+](=O)[O-])ccc2C)n1. The maximum Gasteiger partial charge on any atom is 0.271 e. The molecular weight excluding hydrogens is 364 g/mol. The van der Waals surface area contributed by atoms with Crippen LogP contribution in [-0.2, 0) is 11.2 Å². The number of hydrogen-bond acceptors (Lipinski definition) is 7. The van der Waals surface area contributed by atoms with E-state index >= 15 is 0 Å². The first-order chi connectivity index (χ1) is 13.5. The van der Waals surface area contributed by atoms with E-state index in [1.54, 1.807) is 26.2 Å². The highest BCUT2D eigenvalue weighted by atomic mass is 16.6. The van der Waals surface area contributed by atoms with E-state index in [0.717, 1.165) is 5.56 Å². The number of nitrogens with zero attached hydrogens (tertiary/aromatic N) is 3. The average molecular weight is 382 g/mol. The second kappa shape index (κ2) is 8.30. The number of nitro benzene ring substituents is 1. The van der Waals surface area contributed by atoms with Gasteiger partial charge in [-0.15, -0.1) is 0 Å². The van der Waals surface area contributed by atoms with Crippen molar-refractivity contribution in [3.05, 3.63) is 64.0 Å². The van der Waals surface area contributed by atoms with E-state index in [1.807, 2.05) is 18.2 Å². The summed E-state index contributed by atoms with van der Waals surface area (Å²) in [5.41, 5.74) is 1.74. The van der Waals surface area contributed by atoms with E-state index in [9.17, 15) is 14.9 Å². The van der Waals surface area contributed by atoms with Gasteiger partial charge in [0.1, 0.15) is 5.75 Å². The maximum atomic E-state index is 12.2. The molecule has 1 heterocycles. The molecule has 0 fully saturated rings. The van der Waals surface area contributed by atoms with Crippen molar-refractivity contribution >= 4 is 17.3 Å². The van der Waals surface area contributed by atoms with Gasteiger partial charge in [0.05, 0.1) is 23.3 Å². The number of nitrogens with one attached hydrogen (secondary N) is 1. The van der Waals surface area contributed by atoms with Crippen LogP contribution >= 0.6 is 0 Å². The quantitative estimate of drug-likeness (QED) is 0.490. The minimum absolute atomic E-state index is 0.0840. The number of para-hydroxylation sites is 1. The number of anilines is 1. The Balaban J connectivity index is 1.64. The number of amides is 1. The first-order valence-electron chi connectivity index (χ1n) is 8.49. The molecule has 0 spiro atoms. The topological polar surface area (TPSA) is 120 Å². The van der Waals surface area contributed by atoms with E-state index in [-0.39, 0.29) is 24.4 Å². The van der Waals surface area contributed by atoms with Crippen molar-refractivity contribution in [1.82, 2.24) is 10.1 Å². The number of methoxy groups -OCH3 is 1.